The molecule has 0 aliphatic rings. The van der Waals surface area contributed by atoms with Crippen molar-refractivity contribution >= 4 is 5.65 Å². The Morgan fingerprint density at radius 2 is 1.84 bits per heavy atom. The standard InChI is InChI=1S/C15H14N2O2/c1-18-13-7-6-11(9-14(13)19-2)12-10-17-8-4-3-5-15(17)16-12/h3-10H,1-2H3/p+1. The third kappa shape index (κ3) is 2.01. The maximum Gasteiger partial charge on any atom is 0.284 e. The molecule has 4 nitrogen and oxygen atoms in total. The normalized spacial score (nSPS) is 10.6. The highest BCUT2D eigenvalue weighted by atomic mass is 16.5. The van der Waals surface area contributed by atoms with Gasteiger partial charge in [0.1, 0.15) is 6.20 Å². The molecule has 0 aliphatic heterocycles. The average Bonchev–Trinajstić information content (AvgIpc) is 2.90. The van der Waals surface area contributed by atoms with Crippen molar-refractivity contribution in [3.63, 3.8) is 0 Å². The largest absolute Gasteiger partial charge is 0.493 e. The van der Waals surface area contributed by atoms with Crippen LogP contribution in [-0.2, 0) is 0 Å². The number of H-pyrrole nitrogens is 1. The number of nitrogens with one attached hydrogen (secondary N) is 1. The van der Waals surface area contributed by atoms with Crippen molar-refractivity contribution in [2.45, 2.75) is 0 Å². The molecule has 2 aromatic heterocycles. The lowest BCUT2D eigenvalue weighted by Crippen LogP contribution is -2.15. The fourth-order valence-corrected chi connectivity index (χ4v) is 2.13. The molecule has 0 aliphatic carbocycles. The Labute approximate surface area is 111 Å². The summed E-state index contributed by atoms with van der Waals surface area (Å²) in [5, 5.41) is 0. The van der Waals surface area contributed by atoms with Crippen molar-refractivity contribution in [1.82, 2.24) is 4.98 Å². The molecule has 3 rings (SSSR count). The molecule has 0 bridgehead atoms. The summed E-state index contributed by atoms with van der Waals surface area (Å²) in [6, 6.07) is 11.9. The molecule has 1 N–H and O–H groups in total. The minimum Gasteiger partial charge on any atom is -0.493 e. The number of pyridine rings is 1. The number of benzene rings is 1. The molecule has 3 aromatic rings. The fourth-order valence-electron chi connectivity index (χ4n) is 2.13. The number of methoxy groups -OCH3 is 2. The Kier molecular flexibility index (Phi) is 2.83. The van der Waals surface area contributed by atoms with E-state index < -0.39 is 0 Å². The van der Waals surface area contributed by atoms with Crippen LogP contribution in [0, 0.1) is 0 Å². The van der Waals surface area contributed by atoms with E-state index in [1.54, 1.807) is 14.2 Å². The predicted molar refractivity (Wildman–Crippen MR) is 72.5 cm³/mol. The van der Waals surface area contributed by atoms with Crippen LogP contribution in [-0.4, -0.2) is 19.2 Å². The Hall–Kier alpha value is -2.49. The minimum atomic E-state index is 0.726. The van der Waals surface area contributed by atoms with Gasteiger partial charge >= 0.3 is 0 Å². The van der Waals surface area contributed by atoms with E-state index in [-0.39, 0.29) is 0 Å². The Balaban J connectivity index is 2.10. The van der Waals surface area contributed by atoms with Crippen LogP contribution in [0.1, 0.15) is 0 Å². The summed E-state index contributed by atoms with van der Waals surface area (Å²) in [5.41, 5.74) is 3.14. The van der Waals surface area contributed by atoms with Gasteiger partial charge in [0.25, 0.3) is 5.65 Å². The van der Waals surface area contributed by atoms with Crippen molar-refractivity contribution in [1.29, 1.82) is 0 Å². The van der Waals surface area contributed by atoms with Gasteiger partial charge in [-0.15, -0.1) is 0 Å². The molecule has 0 atom stereocenters. The Bertz CT molecular complexity index is 686. The van der Waals surface area contributed by atoms with Gasteiger partial charge < -0.3 is 9.47 Å². The number of aromatic amines is 1. The second kappa shape index (κ2) is 4.65. The van der Waals surface area contributed by atoms with Crippen LogP contribution < -0.4 is 13.9 Å². The number of aromatic nitrogens is 2. The molecule has 0 unspecified atom stereocenters. The lowest BCUT2D eigenvalue weighted by atomic mass is 10.1. The number of hydrogen-bond donors (Lipinski definition) is 1. The number of rotatable bonds is 3. The summed E-state index contributed by atoms with van der Waals surface area (Å²) in [7, 11) is 3.28. The van der Waals surface area contributed by atoms with Gasteiger partial charge in [0.2, 0.25) is 0 Å². The Morgan fingerprint density at radius 3 is 2.58 bits per heavy atom. The second-order valence-corrected chi connectivity index (χ2v) is 4.23. The molecular weight excluding hydrogens is 240 g/mol. The van der Waals surface area contributed by atoms with Gasteiger partial charge in [-0.3, -0.25) is 0 Å². The zero-order chi connectivity index (χ0) is 13.2. The molecule has 96 valence electrons. The molecule has 2 heterocycles. The maximum absolute atomic E-state index is 5.33. The number of imidazole rings is 1. The predicted octanol–water partition coefficient (Wildman–Crippen LogP) is 2.44. The van der Waals surface area contributed by atoms with E-state index in [0.29, 0.717) is 0 Å². The first kappa shape index (κ1) is 11.6. The molecule has 0 saturated carbocycles. The van der Waals surface area contributed by atoms with Crippen LogP contribution in [0.5, 0.6) is 11.5 Å². The first-order chi connectivity index (χ1) is 9.31. The highest BCUT2D eigenvalue weighted by Crippen LogP contribution is 2.31. The summed E-state index contributed by atoms with van der Waals surface area (Å²) in [6.07, 6.45) is 4.06. The van der Waals surface area contributed by atoms with Gasteiger partial charge in [0.15, 0.2) is 17.2 Å². The SMILES string of the molecule is COc1ccc(-c2c[n+]3ccccc3[nH]2)cc1OC. The van der Waals surface area contributed by atoms with Gasteiger partial charge in [-0.05, 0) is 24.3 Å². The first-order valence-corrected chi connectivity index (χ1v) is 6.03. The van der Waals surface area contributed by atoms with Crippen LogP contribution in [0.4, 0.5) is 0 Å². The van der Waals surface area contributed by atoms with Crippen LogP contribution in [0.25, 0.3) is 16.9 Å². The molecule has 19 heavy (non-hydrogen) atoms. The lowest BCUT2D eigenvalue weighted by Gasteiger charge is -2.07. The van der Waals surface area contributed by atoms with Gasteiger partial charge in [-0.25, -0.2) is 9.38 Å². The maximum atomic E-state index is 5.33. The molecule has 1 aromatic carbocycles. The smallest absolute Gasteiger partial charge is 0.284 e. The molecular formula is C15H15N2O2+. The van der Waals surface area contributed by atoms with Crippen molar-refractivity contribution in [2.75, 3.05) is 14.2 Å². The summed E-state index contributed by atoms with van der Waals surface area (Å²) < 4.78 is 12.6. The molecule has 0 amide bonds. The third-order valence-corrected chi connectivity index (χ3v) is 3.12. The monoisotopic (exact) mass is 255 g/mol. The van der Waals surface area contributed by atoms with Crippen molar-refractivity contribution < 1.29 is 13.9 Å². The second-order valence-electron chi connectivity index (χ2n) is 4.23. The van der Waals surface area contributed by atoms with Crippen LogP contribution in [0.3, 0.4) is 0 Å². The number of ether oxygens (including phenoxy) is 2. The van der Waals surface area contributed by atoms with E-state index in [0.717, 1.165) is 28.4 Å². The molecule has 0 spiro atoms. The van der Waals surface area contributed by atoms with Crippen LogP contribution in [0.15, 0.2) is 48.8 Å². The zero-order valence-corrected chi connectivity index (χ0v) is 10.9. The van der Waals surface area contributed by atoms with E-state index in [2.05, 4.69) is 11.2 Å². The van der Waals surface area contributed by atoms with E-state index >= 15 is 0 Å². The summed E-state index contributed by atoms with van der Waals surface area (Å²) in [4.78, 5) is 3.37. The zero-order valence-electron chi connectivity index (χ0n) is 10.9. The third-order valence-electron chi connectivity index (χ3n) is 3.12. The number of fused-ring (bicyclic) bond motifs is 1. The van der Waals surface area contributed by atoms with Crippen molar-refractivity contribution in [2.24, 2.45) is 0 Å². The van der Waals surface area contributed by atoms with E-state index in [4.69, 9.17) is 9.47 Å². The van der Waals surface area contributed by atoms with Gasteiger partial charge in [0.05, 0.1) is 20.4 Å². The highest BCUT2D eigenvalue weighted by Gasteiger charge is 2.12. The van der Waals surface area contributed by atoms with E-state index in [1.807, 2.05) is 47.0 Å². The van der Waals surface area contributed by atoms with E-state index in [1.165, 1.54) is 0 Å². The summed E-state index contributed by atoms with van der Waals surface area (Å²) in [6.45, 7) is 0. The lowest BCUT2D eigenvalue weighted by molar-refractivity contribution is -0.509. The van der Waals surface area contributed by atoms with Gasteiger partial charge in [-0.1, -0.05) is 6.07 Å². The van der Waals surface area contributed by atoms with Crippen LogP contribution >= 0.6 is 0 Å². The van der Waals surface area contributed by atoms with Gasteiger partial charge in [-0.2, -0.15) is 0 Å². The molecule has 0 saturated heterocycles. The van der Waals surface area contributed by atoms with E-state index in [9.17, 15) is 0 Å². The Morgan fingerprint density at radius 1 is 1.00 bits per heavy atom. The van der Waals surface area contributed by atoms with Crippen LogP contribution in [0.2, 0.25) is 0 Å². The van der Waals surface area contributed by atoms with Gasteiger partial charge in [0, 0.05) is 11.6 Å². The quantitative estimate of drug-likeness (QED) is 0.730. The fraction of sp³-hybridized carbons (Fsp3) is 0.133. The first-order valence-electron chi connectivity index (χ1n) is 6.03. The summed E-state index contributed by atoms with van der Waals surface area (Å²) >= 11 is 0. The number of hydrogen-bond acceptors (Lipinski definition) is 2. The summed E-state index contributed by atoms with van der Waals surface area (Å²) in [5.74, 6) is 1.46. The highest BCUT2D eigenvalue weighted by molar-refractivity contribution is 5.64. The number of nitrogens with zero attached hydrogens (tertiary/aromatic N) is 1. The van der Waals surface area contributed by atoms with Crippen molar-refractivity contribution in [3.8, 4) is 22.8 Å². The molecule has 4 heteroatoms. The minimum absolute atomic E-state index is 0.726. The molecule has 0 fully saturated rings. The van der Waals surface area contributed by atoms with Crippen molar-refractivity contribution in [3.05, 3.63) is 48.8 Å². The average molecular weight is 255 g/mol. The topological polar surface area (TPSA) is 38.3 Å². The molecule has 0 radical (unpaired) electrons.